The van der Waals surface area contributed by atoms with E-state index in [4.69, 9.17) is 9.73 Å². The van der Waals surface area contributed by atoms with Crippen molar-refractivity contribution in [2.45, 2.75) is 39.3 Å². The number of morpholine rings is 1. The molecule has 2 unspecified atom stereocenters. The van der Waals surface area contributed by atoms with Crippen LogP contribution in [0.4, 0.5) is 0 Å². The fourth-order valence-corrected chi connectivity index (χ4v) is 4.24. The maximum atomic E-state index is 5.44. The van der Waals surface area contributed by atoms with Gasteiger partial charge >= 0.3 is 0 Å². The summed E-state index contributed by atoms with van der Waals surface area (Å²) in [5, 5.41) is 7.02. The summed E-state index contributed by atoms with van der Waals surface area (Å²) in [5.41, 5.74) is 1.40. The Labute approximate surface area is 199 Å². The highest BCUT2D eigenvalue weighted by Gasteiger charge is 2.24. The quantitative estimate of drug-likeness (QED) is 0.293. The number of hydrogen-bond acceptors (Lipinski definition) is 4. The van der Waals surface area contributed by atoms with Crippen molar-refractivity contribution in [3.05, 3.63) is 35.9 Å². The molecular weight excluding hydrogens is 489 g/mol. The molecule has 2 fully saturated rings. The Bertz CT molecular complexity index is 609. The number of rotatable bonds is 9. The number of benzene rings is 1. The number of halogens is 1. The lowest BCUT2D eigenvalue weighted by Gasteiger charge is -2.28. The van der Waals surface area contributed by atoms with Crippen molar-refractivity contribution >= 4 is 29.9 Å². The zero-order chi connectivity index (χ0) is 20.3. The van der Waals surface area contributed by atoms with E-state index in [2.05, 4.69) is 64.6 Å². The molecule has 2 aliphatic heterocycles. The SMILES string of the molecule is CCNC(=NCC(C)CN1CCOCC1)NCC1CCCN1Cc1ccccc1.I. The average molecular weight is 530 g/mol. The monoisotopic (exact) mass is 529 g/mol. The first-order chi connectivity index (χ1) is 14.2. The van der Waals surface area contributed by atoms with Crippen molar-refractivity contribution in [3.8, 4) is 0 Å². The first-order valence-electron chi connectivity index (χ1n) is 11.3. The summed E-state index contributed by atoms with van der Waals surface area (Å²) in [6.45, 7) is 14.3. The molecule has 1 aromatic rings. The maximum absolute atomic E-state index is 5.44. The van der Waals surface area contributed by atoms with Gasteiger partial charge in [-0.3, -0.25) is 14.8 Å². The summed E-state index contributed by atoms with van der Waals surface area (Å²) >= 11 is 0. The standard InChI is InChI=1S/C23H39N5O.HI/c1-3-24-23(25-16-20(2)18-27-12-14-29-15-13-27)26-17-22-10-7-11-28(22)19-21-8-5-4-6-9-21;/h4-6,8-9,20,22H,3,7,10-19H2,1-2H3,(H2,24,25,26);1H. The van der Waals surface area contributed by atoms with Crippen LogP contribution in [0.1, 0.15) is 32.3 Å². The van der Waals surface area contributed by atoms with E-state index in [-0.39, 0.29) is 24.0 Å². The predicted molar refractivity (Wildman–Crippen MR) is 136 cm³/mol. The van der Waals surface area contributed by atoms with Crippen LogP contribution in [0.5, 0.6) is 0 Å². The predicted octanol–water partition coefficient (Wildman–Crippen LogP) is 2.79. The zero-order valence-corrected chi connectivity index (χ0v) is 21.0. The summed E-state index contributed by atoms with van der Waals surface area (Å²) in [6.07, 6.45) is 2.54. The van der Waals surface area contributed by atoms with Gasteiger partial charge in [-0.2, -0.15) is 0 Å². The molecule has 170 valence electrons. The Morgan fingerprint density at radius 2 is 1.93 bits per heavy atom. The van der Waals surface area contributed by atoms with Gasteiger partial charge in [0.1, 0.15) is 0 Å². The molecule has 2 aliphatic rings. The second kappa shape index (κ2) is 14.2. The molecule has 2 saturated heterocycles. The third-order valence-electron chi connectivity index (χ3n) is 5.81. The Morgan fingerprint density at radius 3 is 2.67 bits per heavy atom. The van der Waals surface area contributed by atoms with Crippen LogP contribution in [0.15, 0.2) is 35.3 Å². The minimum atomic E-state index is 0. The molecule has 30 heavy (non-hydrogen) atoms. The second-order valence-electron chi connectivity index (χ2n) is 8.37. The van der Waals surface area contributed by atoms with E-state index in [1.54, 1.807) is 0 Å². The van der Waals surface area contributed by atoms with Gasteiger partial charge in [-0.05, 0) is 37.8 Å². The molecular formula is C23H40IN5O. The van der Waals surface area contributed by atoms with Gasteiger partial charge in [-0.15, -0.1) is 24.0 Å². The Kier molecular flexibility index (Phi) is 12.0. The molecule has 0 amide bonds. The van der Waals surface area contributed by atoms with E-state index < -0.39 is 0 Å². The van der Waals surface area contributed by atoms with Gasteiger partial charge in [0, 0.05) is 51.9 Å². The lowest BCUT2D eigenvalue weighted by Crippen LogP contribution is -2.45. The number of aliphatic imine (C=N–C) groups is 1. The van der Waals surface area contributed by atoms with E-state index in [0.29, 0.717) is 12.0 Å². The van der Waals surface area contributed by atoms with Gasteiger partial charge in [0.05, 0.1) is 13.2 Å². The van der Waals surface area contributed by atoms with Crippen molar-refractivity contribution in [2.75, 3.05) is 59.0 Å². The van der Waals surface area contributed by atoms with Gasteiger partial charge in [0.2, 0.25) is 0 Å². The average Bonchev–Trinajstić information content (AvgIpc) is 3.18. The van der Waals surface area contributed by atoms with Crippen LogP contribution >= 0.6 is 24.0 Å². The lowest BCUT2D eigenvalue weighted by molar-refractivity contribution is 0.0323. The molecule has 1 aromatic carbocycles. The molecule has 2 atom stereocenters. The van der Waals surface area contributed by atoms with Crippen LogP contribution in [0.2, 0.25) is 0 Å². The first-order valence-corrected chi connectivity index (χ1v) is 11.3. The highest BCUT2D eigenvalue weighted by atomic mass is 127. The molecule has 6 nitrogen and oxygen atoms in total. The van der Waals surface area contributed by atoms with Crippen molar-refractivity contribution in [3.63, 3.8) is 0 Å². The van der Waals surface area contributed by atoms with Crippen LogP contribution in [0.3, 0.4) is 0 Å². The molecule has 2 heterocycles. The summed E-state index contributed by atoms with van der Waals surface area (Å²) in [4.78, 5) is 9.96. The number of guanidine groups is 1. The fraction of sp³-hybridized carbons (Fsp3) is 0.696. The second-order valence-corrected chi connectivity index (χ2v) is 8.37. The van der Waals surface area contributed by atoms with E-state index in [1.165, 1.54) is 24.9 Å². The van der Waals surface area contributed by atoms with E-state index >= 15 is 0 Å². The third kappa shape index (κ3) is 8.69. The van der Waals surface area contributed by atoms with Crippen molar-refractivity contribution < 1.29 is 4.74 Å². The molecule has 3 rings (SSSR count). The van der Waals surface area contributed by atoms with Crippen LogP contribution in [0.25, 0.3) is 0 Å². The highest BCUT2D eigenvalue weighted by Crippen LogP contribution is 2.19. The molecule has 2 N–H and O–H groups in total. The highest BCUT2D eigenvalue weighted by molar-refractivity contribution is 14.0. The first kappa shape index (κ1) is 25.4. The summed E-state index contributed by atoms with van der Waals surface area (Å²) in [5.74, 6) is 1.50. The maximum Gasteiger partial charge on any atom is 0.191 e. The Balaban J connectivity index is 0.00000320. The number of ether oxygens (including phenoxy) is 1. The summed E-state index contributed by atoms with van der Waals surface area (Å²) < 4.78 is 5.44. The van der Waals surface area contributed by atoms with E-state index in [0.717, 1.165) is 65.0 Å². The summed E-state index contributed by atoms with van der Waals surface area (Å²) in [6, 6.07) is 11.4. The van der Waals surface area contributed by atoms with Gasteiger partial charge in [-0.25, -0.2) is 0 Å². The van der Waals surface area contributed by atoms with Crippen molar-refractivity contribution in [1.82, 2.24) is 20.4 Å². The van der Waals surface area contributed by atoms with E-state index in [1.807, 2.05) is 0 Å². The molecule has 7 heteroatoms. The van der Waals surface area contributed by atoms with Gasteiger partial charge in [-0.1, -0.05) is 37.3 Å². The zero-order valence-electron chi connectivity index (χ0n) is 18.7. The topological polar surface area (TPSA) is 52.1 Å². The minimum Gasteiger partial charge on any atom is -0.379 e. The molecule has 0 aliphatic carbocycles. The number of hydrogen-bond donors (Lipinski definition) is 2. The normalized spacial score (nSPS) is 21.8. The van der Waals surface area contributed by atoms with Crippen LogP contribution in [-0.4, -0.2) is 80.8 Å². The minimum absolute atomic E-state index is 0. The van der Waals surface area contributed by atoms with Crippen LogP contribution in [-0.2, 0) is 11.3 Å². The fourth-order valence-electron chi connectivity index (χ4n) is 4.24. The molecule has 0 radical (unpaired) electrons. The lowest BCUT2D eigenvalue weighted by atomic mass is 10.1. The number of likely N-dealkylation sites (tertiary alicyclic amines) is 1. The Hall–Kier alpha value is -0.900. The Morgan fingerprint density at radius 1 is 1.17 bits per heavy atom. The van der Waals surface area contributed by atoms with Crippen LogP contribution in [0, 0.1) is 5.92 Å². The smallest absolute Gasteiger partial charge is 0.191 e. The molecule has 0 aromatic heterocycles. The van der Waals surface area contributed by atoms with Crippen molar-refractivity contribution in [2.24, 2.45) is 10.9 Å². The molecule has 0 spiro atoms. The molecule has 0 saturated carbocycles. The number of nitrogens with zero attached hydrogens (tertiary/aromatic N) is 3. The largest absolute Gasteiger partial charge is 0.379 e. The van der Waals surface area contributed by atoms with Crippen LogP contribution < -0.4 is 10.6 Å². The third-order valence-corrected chi connectivity index (χ3v) is 5.81. The van der Waals surface area contributed by atoms with Crippen molar-refractivity contribution in [1.29, 1.82) is 0 Å². The number of nitrogens with one attached hydrogen (secondary N) is 2. The summed E-state index contributed by atoms with van der Waals surface area (Å²) in [7, 11) is 0. The molecule has 0 bridgehead atoms. The van der Waals surface area contributed by atoms with Gasteiger partial charge in [0.15, 0.2) is 5.96 Å². The van der Waals surface area contributed by atoms with Gasteiger partial charge in [0.25, 0.3) is 0 Å². The van der Waals surface area contributed by atoms with Gasteiger partial charge < -0.3 is 15.4 Å². The van der Waals surface area contributed by atoms with E-state index in [9.17, 15) is 0 Å².